The lowest BCUT2D eigenvalue weighted by atomic mass is 9.79. The maximum atomic E-state index is 13.9. The van der Waals surface area contributed by atoms with Crippen molar-refractivity contribution >= 4 is 17.7 Å². The zero-order valence-corrected chi connectivity index (χ0v) is 20.4. The van der Waals surface area contributed by atoms with E-state index in [1.165, 1.54) is 17.0 Å². The summed E-state index contributed by atoms with van der Waals surface area (Å²) in [4.78, 5) is 45.1. The molecule has 3 aliphatic rings. The average molecular weight is 485 g/mol. The molecule has 1 N–H and O–H groups in total. The van der Waals surface area contributed by atoms with Crippen LogP contribution in [0.25, 0.3) is 0 Å². The Morgan fingerprint density at radius 3 is 2.63 bits per heavy atom. The number of likely N-dealkylation sites (N-methyl/N-ethyl adjacent to an activating group) is 1. The first kappa shape index (κ1) is 25.1. The van der Waals surface area contributed by atoms with E-state index in [0.717, 1.165) is 45.4 Å². The lowest BCUT2D eigenvalue weighted by Gasteiger charge is -2.47. The van der Waals surface area contributed by atoms with Gasteiger partial charge in [-0.3, -0.25) is 24.6 Å². The SMILES string of the molecule is CC(=O)N1CCN(C2CCC3NCN(CC(=O)N(C)Cc4ccc(C#N)c(F)c4)C(=O)C3C2)CC1. The van der Waals surface area contributed by atoms with Gasteiger partial charge < -0.3 is 14.7 Å². The quantitative estimate of drug-likeness (QED) is 0.662. The van der Waals surface area contributed by atoms with Crippen molar-refractivity contribution < 1.29 is 18.8 Å². The molecule has 0 radical (unpaired) electrons. The zero-order valence-electron chi connectivity index (χ0n) is 20.4. The van der Waals surface area contributed by atoms with Crippen molar-refractivity contribution in [1.29, 1.82) is 5.26 Å². The molecule has 1 saturated carbocycles. The Labute approximate surface area is 205 Å². The third-order valence-corrected chi connectivity index (χ3v) is 7.60. The van der Waals surface area contributed by atoms with Gasteiger partial charge in [0.1, 0.15) is 18.4 Å². The predicted molar refractivity (Wildman–Crippen MR) is 126 cm³/mol. The zero-order chi connectivity index (χ0) is 25.1. The fraction of sp³-hybridized carbons (Fsp3) is 0.600. The smallest absolute Gasteiger partial charge is 0.242 e. The molecule has 2 saturated heterocycles. The summed E-state index contributed by atoms with van der Waals surface area (Å²) in [6, 6.07) is 6.51. The Hall–Kier alpha value is -3.03. The number of nitrogens with zero attached hydrogens (tertiary/aromatic N) is 5. The molecule has 1 aromatic rings. The van der Waals surface area contributed by atoms with E-state index in [1.807, 2.05) is 4.90 Å². The molecule has 0 bridgehead atoms. The van der Waals surface area contributed by atoms with Crippen molar-refractivity contribution in [1.82, 2.24) is 24.9 Å². The molecule has 9 nitrogen and oxygen atoms in total. The van der Waals surface area contributed by atoms with Crippen molar-refractivity contribution in [2.24, 2.45) is 5.92 Å². The molecule has 4 rings (SSSR count). The van der Waals surface area contributed by atoms with Crippen LogP contribution < -0.4 is 5.32 Å². The number of hydrogen-bond donors (Lipinski definition) is 1. The Kier molecular flexibility index (Phi) is 7.67. The van der Waals surface area contributed by atoms with E-state index >= 15 is 0 Å². The van der Waals surface area contributed by atoms with Gasteiger partial charge in [-0.15, -0.1) is 0 Å². The van der Waals surface area contributed by atoms with Gasteiger partial charge in [-0.2, -0.15) is 5.26 Å². The van der Waals surface area contributed by atoms with Crippen LogP contribution in [0.5, 0.6) is 0 Å². The first-order valence-electron chi connectivity index (χ1n) is 12.2. The van der Waals surface area contributed by atoms with E-state index in [2.05, 4.69) is 10.2 Å². The standard InChI is InChI=1S/C25H33FN6O3/c1-17(33)30-7-9-31(10-8-30)20-5-6-23-21(12-20)25(35)32(16-28-23)15-24(34)29(2)14-18-3-4-19(13-27)22(26)11-18/h3-4,11,20-21,23,28H,5-10,12,14-16H2,1-2H3. The highest BCUT2D eigenvalue weighted by Gasteiger charge is 2.42. The van der Waals surface area contributed by atoms with Crippen LogP contribution in [0, 0.1) is 23.1 Å². The highest BCUT2D eigenvalue weighted by molar-refractivity contribution is 5.86. The molecular weight excluding hydrogens is 451 g/mol. The summed E-state index contributed by atoms with van der Waals surface area (Å²) < 4.78 is 13.9. The molecule has 2 aliphatic heterocycles. The largest absolute Gasteiger partial charge is 0.340 e. The number of hydrogen-bond acceptors (Lipinski definition) is 6. The van der Waals surface area contributed by atoms with E-state index in [1.54, 1.807) is 31.0 Å². The van der Waals surface area contributed by atoms with Gasteiger partial charge in [0, 0.05) is 58.8 Å². The predicted octanol–water partition coefficient (Wildman–Crippen LogP) is 0.746. The molecule has 3 atom stereocenters. The van der Waals surface area contributed by atoms with E-state index in [9.17, 15) is 18.8 Å². The minimum Gasteiger partial charge on any atom is -0.340 e. The maximum absolute atomic E-state index is 13.9. The van der Waals surface area contributed by atoms with Gasteiger partial charge in [0.15, 0.2) is 0 Å². The molecule has 0 spiro atoms. The van der Waals surface area contributed by atoms with Crippen molar-refractivity contribution in [2.45, 2.75) is 44.8 Å². The molecule has 10 heteroatoms. The highest BCUT2D eigenvalue weighted by Crippen LogP contribution is 2.32. The second-order valence-electron chi connectivity index (χ2n) is 9.80. The number of fused-ring (bicyclic) bond motifs is 1. The number of benzene rings is 1. The van der Waals surface area contributed by atoms with Crippen LogP contribution in [0.3, 0.4) is 0 Å². The lowest BCUT2D eigenvalue weighted by molar-refractivity contribution is -0.148. The average Bonchev–Trinajstić information content (AvgIpc) is 2.85. The third-order valence-electron chi connectivity index (χ3n) is 7.60. The fourth-order valence-corrected chi connectivity index (χ4v) is 5.47. The van der Waals surface area contributed by atoms with E-state index in [-0.39, 0.29) is 48.3 Å². The van der Waals surface area contributed by atoms with Crippen LogP contribution >= 0.6 is 0 Å². The number of carbonyl (C=O) groups excluding carboxylic acids is 3. The number of rotatable bonds is 5. The van der Waals surface area contributed by atoms with Gasteiger partial charge >= 0.3 is 0 Å². The van der Waals surface area contributed by atoms with E-state index in [0.29, 0.717) is 18.3 Å². The molecule has 2 heterocycles. The van der Waals surface area contributed by atoms with Crippen LogP contribution in [-0.4, -0.2) is 95.8 Å². The Morgan fingerprint density at radius 1 is 1.23 bits per heavy atom. The van der Waals surface area contributed by atoms with Crippen molar-refractivity contribution in [3.63, 3.8) is 0 Å². The van der Waals surface area contributed by atoms with Gasteiger partial charge in [0.2, 0.25) is 17.7 Å². The number of nitrogens with one attached hydrogen (secondary N) is 1. The second kappa shape index (κ2) is 10.7. The molecule has 3 unspecified atom stereocenters. The number of nitriles is 1. The van der Waals surface area contributed by atoms with Crippen LogP contribution in [0.4, 0.5) is 4.39 Å². The van der Waals surface area contributed by atoms with E-state index < -0.39 is 5.82 Å². The lowest BCUT2D eigenvalue weighted by Crippen LogP contribution is -2.62. The first-order valence-corrected chi connectivity index (χ1v) is 12.2. The fourth-order valence-electron chi connectivity index (χ4n) is 5.47. The van der Waals surface area contributed by atoms with Crippen molar-refractivity contribution in [3.8, 4) is 6.07 Å². The molecule has 1 aromatic carbocycles. The number of amides is 3. The minimum absolute atomic E-state index is 0.00647. The molecule has 0 aromatic heterocycles. The molecule has 188 valence electrons. The van der Waals surface area contributed by atoms with Gasteiger partial charge in [0.25, 0.3) is 0 Å². The summed E-state index contributed by atoms with van der Waals surface area (Å²) in [6.45, 7) is 5.20. The third kappa shape index (κ3) is 5.63. The van der Waals surface area contributed by atoms with Crippen molar-refractivity contribution in [3.05, 3.63) is 35.1 Å². The highest BCUT2D eigenvalue weighted by atomic mass is 19.1. The molecule has 3 amide bonds. The normalized spacial score (nSPS) is 25.1. The molecule has 1 aliphatic carbocycles. The molecule has 35 heavy (non-hydrogen) atoms. The topological polar surface area (TPSA) is 100.0 Å². The monoisotopic (exact) mass is 484 g/mol. The first-order chi connectivity index (χ1) is 16.8. The van der Waals surface area contributed by atoms with Gasteiger partial charge in [-0.1, -0.05) is 6.07 Å². The van der Waals surface area contributed by atoms with Crippen LogP contribution in [0.15, 0.2) is 18.2 Å². The summed E-state index contributed by atoms with van der Waals surface area (Å²) in [5.41, 5.74) is 0.550. The summed E-state index contributed by atoms with van der Waals surface area (Å²) >= 11 is 0. The summed E-state index contributed by atoms with van der Waals surface area (Å²) in [6.07, 6.45) is 2.69. The number of piperazine rings is 1. The Bertz CT molecular complexity index is 1020. The maximum Gasteiger partial charge on any atom is 0.242 e. The number of halogens is 1. The van der Waals surface area contributed by atoms with Gasteiger partial charge in [-0.25, -0.2) is 4.39 Å². The van der Waals surface area contributed by atoms with Crippen LogP contribution in [-0.2, 0) is 20.9 Å². The minimum atomic E-state index is -0.609. The summed E-state index contributed by atoms with van der Waals surface area (Å²) in [7, 11) is 1.63. The summed E-state index contributed by atoms with van der Waals surface area (Å²) in [5, 5.41) is 12.3. The Morgan fingerprint density at radius 2 is 1.97 bits per heavy atom. The Balaban J connectivity index is 1.32. The molecular formula is C25H33FN6O3. The van der Waals surface area contributed by atoms with Gasteiger partial charge in [-0.05, 0) is 37.0 Å². The van der Waals surface area contributed by atoms with Crippen LogP contribution in [0.2, 0.25) is 0 Å². The van der Waals surface area contributed by atoms with E-state index in [4.69, 9.17) is 5.26 Å². The van der Waals surface area contributed by atoms with Crippen molar-refractivity contribution in [2.75, 3.05) is 46.4 Å². The number of carbonyl (C=O) groups is 3. The second-order valence-corrected chi connectivity index (χ2v) is 9.80. The molecule has 3 fully saturated rings. The van der Waals surface area contributed by atoms with Gasteiger partial charge in [0.05, 0.1) is 18.2 Å². The van der Waals surface area contributed by atoms with Crippen LogP contribution in [0.1, 0.15) is 37.3 Å². The summed E-state index contributed by atoms with van der Waals surface area (Å²) in [5.74, 6) is -0.890.